The number of nitrogen functional groups attached to an aromatic ring is 1. The van der Waals surface area contributed by atoms with Gasteiger partial charge >= 0.3 is 12.4 Å². The molecule has 0 bridgehead atoms. The maximum atomic E-state index is 13.8. The average molecular weight is 954 g/mol. The number of benzene rings is 4. The van der Waals surface area contributed by atoms with E-state index in [1.807, 2.05) is 0 Å². The van der Waals surface area contributed by atoms with E-state index in [0.717, 1.165) is 18.2 Å². The van der Waals surface area contributed by atoms with Gasteiger partial charge in [0, 0.05) is 22.5 Å². The molecule has 6 aromatic rings. The van der Waals surface area contributed by atoms with Crippen molar-refractivity contribution >= 4 is 80.0 Å². The average Bonchev–Trinajstić information content (AvgIpc) is 3.73. The highest BCUT2D eigenvalue weighted by atomic mass is 35.5. The van der Waals surface area contributed by atoms with Crippen LogP contribution in [0.2, 0.25) is 10.0 Å². The lowest BCUT2D eigenvalue weighted by atomic mass is 10.0. The summed E-state index contributed by atoms with van der Waals surface area (Å²) in [4.78, 5) is 28.4. The number of nitrogens with two attached hydrogens (primary N) is 1. The fraction of sp³-hybridized carbons (Fsp3) is 0.135. The van der Waals surface area contributed by atoms with E-state index < -0.39 is 67.9 Å². The van der Waals surface area contributed by atoms with Gasteiger partial charge < -0.3 is 23.5 Å². The molecule has 2 heterocycles. The summed E-state index contributed by atoms with van der Waals surface area (Å²) in [6, 6.07) is 15.1. The third-order valence-corrected chi connectivity index (χ3v) is 9.95. The third-order valence-electron chi connectivity index (χ3n) is 7.10. The number of hydrogen-bond donors (Lipinski definition) is 2. The van der Waals surface area contributed by atoms with E-state index in [2.05, 4.69) is 15.3 Å². The minimum Gasteiger partial charge on any atom is -1.00 e. The first kappa shape index (κ1) is 50.7. The van der Waals surface area contributed by atoms with Gasteiger partial charge in [-0.15, -0.1) is 22.7 Å². The highest BCUT2D eigenvalue weighted by molar-refractivity contribution is 7.15. The van der Waals surface area contributed by atoms with Crippen molar-refractivity contribution in [2.75, 3.05) is 11.1 Å². The van der Waals surface area contributed by atoms with Crippen molar-refractivity contribution in [2.24, 2.45) is 0 Å². The van der Waals surface area contributed by atoms with E-state index in [1.165, 1.54) is 62.4 Å². The van der Waals surface area contributed by atoms with E-state index in [4.69, 9.17) is 40.5 Å². The summed E-state index contributed by atoms with van der Waals surface area (Å²) in [5.41, 5.74) is 4.81. The van der Waals surface area contributed by atoms with E-state index >= 15 is 0 Å². The minimum atomic E-state index is -4.80. The second kappa shape index (κ2) is 20.7. The molecule has 3 N–H and O–H groups in total. The first-order chi connectivity index (χ1) is 26.5. The van der Waals surface area contributed by atoms with Crippen LogP contribution in [0.25, 0.3) is 22.3 Å². The summed E-state index contributed by atoms with van der Waals surface area (Å²) in [5.74, 6) is -3.46. The number of thiazole rings is 2. The van der Waals surface area contributed by atoms with Crippen molar-refractivity contribution in [3.63, 3.8) is 0 Å². The standard InChI is InChI=1S/C18H10ClF5N2OS.C12H8ClF2N.C6H3ClF3NOS.CH4.ClH/c1-8-25-16(18(22,23)24)15(28-8)17(27)26-14-5-3-10(20)7-11(14)9-2-4-12(19)13(21)6-9;13-10-3-1-7(5-11(10)15)9-6-8(14)2-4-12(9)16;1-2-11-4(6(8,9)10)3(13-2)5(7)12;;/h2-7H,1H3,(H,26,27);1-6H,16H2;1H3;1H4;1H/p-1. The van der Waals surface area contributed by atoms with Crippen LogP contribution in [-0.2, 0) is 12.4 Å². The fourth-order valence-corrected chi connectivity index (χ4v) is 6.72. The second-order valence-electron chi connectivity index (χ2n) is 11.2. The number of carbonyl (C=O) groups excluding carboxylic acids is 2. The van der Waals surface area contributed by atoms with Crippen molar-refractivity contribution in [1.29, 1.82) is 0 Å². The number of carbonyl (C=O) groups is 2. The van der Waals surface area contributed by atoms with Crippen LogP contribution in [0.5, 0.6) is 0 Å². The van der Waals surface area contributed by atoms with Crippen molar-refractivity contribution in [2.45, 2.75) is 33.6 Å². The summed E-state index contributed by atoms with van der Waals surface area (Å²) in [7, 11) is 0. The van der Waals surface area contributed by atoms with Crippen LogP contribution in [0.3, 0.4) is 0 Å². The highest BCUT2D eigenvalue weighted by Gasteiger charge is 2.40. The second-order valence-corrected chi connectivity index (χ2v) is 14.8. The van der Waals surface area contributed by atoms with Gasteiger partial charge in [-0.1, -0.05) is 42.8 Å². The van der Waals surface area contributed by atoms with Gasteiger partial charge in [-0.25, -0.2) is 27.5 Å². The Balaban J connectivity index is 0.000000329. The number of aryl methyl sites for hydroxylation is 2. The summed E-state index contributed by atoms with van der Waals surface area (Å²) in [6.07, 6.45) is -9.42. The molecule has 2 aromatic heterocycles. The van der Waals surface area contributed by atoms with Crippen molar-refractivity contribution in [3.8, 4) is 22.3 Å². The Kier molecular flexibility index (Phi) is 17.8. The van der Waals surface area contributed by atoms with Gasteiger partial charge in [0.25, 0.3) is 11.1 Å². The topological polar surface area (TPSA) is 98.0 Å². The molecule has 0 saturated carbocycles. The Labute approximate surface area is 358 Å². The van der Waals surface area contributed by atoms with Gasteiger partial charge in [0.15, 0.2) is 11.4 Å². The van der Waals surface area contributed by atoms with Crippen molar-refractivity contribution in [3.05, 3.63) is 137 Å². The van der Waals surface area contributed by atoms with E-state index in [-0.39, 0.29) is 56.7 Å². The molecule has 0 saturated heterocycles. The summed E-state index contributed by atoms with van der Waals surface area (Å²) >= 11 is 17.4. The molecule has 6 rings (SSSR count). The lowest BCUT2D eigenvalue weighted by Crippen LogP contribution is -3.00. The molecule has 22 heteroatoms. The zero-order chi connectivity index (χ0) is 42.6. The Morgan fingerprint density at radius 3 is 1.53 bits per heavy atom. The van der Waals surface area contributed by atoms with Crippen molar-refractivity contribution < 1.29 is 65.9 Å². The van der Waals surface area contributed by atoms with E-state index in [0.29, 0.717) is 39.5 Å². The zero-order valence-electron chi connectivity index (χ0n) is 28.8. The molecular weight excluding hydrogens is 928 g/mol. The smallest absolute Gasteiger partial charge is 0.435 e. The molecule has 6 nitrogen and oxygen atoms in total. The lowest BCUT2D eigenvalue weighted by molar-refractivity contribution is -0.141. The van der Waals surface area contributed by atoms with Crippen LogP contribution >= 0.6 is 57.5 Å². The van der Waals surface area contributed by atoms with Crippen molar-refractivity contribution in [1.82, 2.24) is 9.97 Å². The van der Waals surface area contributed by atoms with E-state index in [1.54, 1.807) is 6.07 Å². The Hall–Kier alpha value is -4.46. The predicted molar refractivity (Wildman–Crippen MR) is 207 cm³/mol. The molecule has 0 aliphatic rings. The largest absolute Gasteiger partial charge is 1.00 e. The number of anilines is 2. The highest BCUT2D eigenvalue weighted by Crippen LogP contribution is 2.37. The number of alkyl halides is 6. The van der Waals surface area contributed by atoms with Gasteiger partial charge in [0.05, 0.1) is 20.1 Å². The molecule has 0 radical (unpaired) electrons. The molecule has 0 aliphatic carbocycles. The van der Waals surface area contributed by atoms with Crippen LogP contribution in [0.15, 0.2) is 72.8 Å². The number of nitrogens with one attached hydrogen (secondary N) is 1. The summed E-state index contributed by atoms with van der Waals surface area (Å²) in [5, 5.41) is 1.30. The fourth-order valence-electron chi connectivity index (χ4n) is 4.67. The molecule has 0 spiro atoms. The van der Waals surface area contributed by atoms with Gasteiger partial charge in [0.2, 0.25) is 0 Å². The predicted octanol–water partition coefficient (Wildman–Crippen LogP) is 10.7. The molecular formula is C37H25Cl4F10N4O2S2-. The van der Waals surface area contributed by atoms with Crippen LogP contribution in [0.4, 0.5) is 55.3 Å². The lowest BCUT2D eigenvalue weighted by Gasteiger charge is -2.12. The maximum absolute atomic E-state index is 13.8. The Morgan fingerprint density at radius 2 is 1.08 bits per heavy atom. The number of amides is 1. The van der Waals surface area contributed by atoms with Crippen LogP contribution in [0, 0.1) is 37.1 Å². The Bertz CT molecular complexity index is 2460. The molecule has 316 valence electrons. The van der Waals surface area contributed by atoms with Gasteiger partial charge in [-0.05, 0) is 97.2 Å². The summed E-state index contributed by atoms with van der Waals surface area (Å²) < 4.78 is 130. The van der Waals surface area contributed by atoms with Crippen LogP contribution in [0.1, 0.15) is 48.2 Å². The first-order valence-corrected chi connectivity index (χ1v) is 18.1. The van der Waals surface area contributed by atoms with Gasteiger partial charge in [-0.2, -0.15) is 26.3 Å². The van der Waals surface area contributed by atoms with Gasteiger partial charge in [-0.3, -0.25) is 9.59 Å². The molecule has 59 heavy (non-hydrogen) atoms. The minimum absolute atomic E-state index is 0. The Morgan fingerprint density at radius 1 is 0.661 bits per heavy atom. The zero-order valence-corrected chi connectivity index (χ0v) is 33.5. The molecule has 0 unspecified atom stereocenters. The molecule has 0 fully saturated rings. The maximum Gasteiger partial charge on any atom is 0.435 e. The number of nitrogens with zero attached hydrogens (tertiary/aromatic N) is 2. The first-order valence-electron chi connectivity index (χ1n) is 15.3. The van der Waals surface area contributed by atoms with E-state index in [9.17, 15) is 53.5 Å². The SMILES string of the molecule is C.Cc1nc(C(F)(F)F)c(C(=O)Cl)s1.Cc1nc(C(F)(F)F)c(C(=O)Nc2ccc(F)cc2-c2ccc(Cl)c(F)c2)s1.Nc1ccc(F)cc1-c1ccc(Cl)c(F)c1.[Cl-]. The monoisotopic (exact) mass is 951 g/mol. The number of aromatic nitrogens is 2. The number of hydrogen-bond acceptors (Lipinski definition) is 7. The van der Waals surface area contributed by atoms with Gasteiger partial charge in [0.1, 0.15) is 33.0 Å². The van der Waals surface area contributed by atoms with Crippen LogP contribution < -0.4 is 23.5 Å². The normalized spacial score (nSPS) is 10.9. The number of rotatable bonds is 5. The molecule has 4 aromatic carbocycles. The summed E-state index contributed by atoms with van der Waals surface area (Å²) in [6.45, 7) is 2.72. The quantitative estimate of drug-likeness (QED) is 0.102. The number of halogens is 14. The molecule has 0 atom stereocenters. The molecule has 0 aliphatic heterocycles. The molecule has 1 amide bonds. The van der Waals surface area contributed by atoms with Crippen LogP contribution in [-0.4, -0.2) is 21.1 Å². The third kappa shape index (κ3) is 13.3.